The Kier molecular flexibility index (Phi) is 8.56. The summed E-state index contributed by atoms with van der Waals surface area (Å²) < 4.78 is 8.54. The van der Waals surface area contributed by atoms with Crippen molar-refractivity contribution in [1.29, 1.82) is 0 Å². The highest BCUT2D eigenvalue weighted by Crippen LogP contribution is 2.26. The van der Waals surface area contributed by atoms with Gasteiger partial charge in [0.25, 0.3) is 11.5 Å². The van der Waals surface area contributed by atoms with E-state index in [0.29, 0.717) is 26.9 Å². The summed E-state index contributed by atoms with van der Waals surface area (Å²) in [5.74, 6) is 0.925. The molecule has 4 aromatic rings. The van der Waals surface area contributed by atoms with Gasteiger partial charge in [-0.05, 0) is 82.9 Å². The summed E-state index contributed by atoms with van der Waals surface area (Å²) >= 11 is 6.93. The van der Waals surface area contributed by atoms with Gasteiger partial charge in [0, 0.05) is 16.1 Å². The molecule has 190 valence electrons. The van der Waals surface area contributed by atoms with E-state index in [0.717, 1.165) is 27.7 Å². The molecule has 9 heteroatoms. The van der Waals surface area contributed by atoms with Crippen molar-refractivity contribution in [1.82, 2.24) is 9.66 Å². The van der Waals surface area contributed by atoms with Crippen LogP contribution in [0.5, 0.6) is 5.75 Å². The molecule has 1 atom stereocenters. The van der Waals surface area contributed by atoms with Crippen LogP contribution in [0.25, 0.3) is 10.9 Å². The van der Waals surface area contributed by atoms with Crippen molar-refractivity contribution in [3.05, 3.63) is 96.9 Å². The van der Waals surface area contributed by atoms with Gasteiger partial charge in [-0.2, -0.15) is 9.78 Å². The zero-order chi connectivity index (χ0) is 26.5. The lowest BCUT2D eigenvalue weighted by atomic mass is 10.1. The lowest BCUT2D eigenvalue weighted by molar-refractivity contribution is -0.118. The topological polar surface area (TPSA) is 85.6 Å². The summed E-state index contributed by atoms with van der Waals surface area (Å²) in [4.78, 5) is 30.3. The van der Waals surface area contributed by atoms with E-state index in [4.69, 9.17) is 9.72 Å². The number of aromatic nitrogens is 2. The Labute approximate surface area is 231 Å². The fraction of sp³-hybridized carbons (Fsp3) is 0.214. The van der Waals surface area contributed by atoms with Crippen LogP contribution < -0.4 is 15.6 Å². The van der Waals surface area contributed by atoms with Gasteiger partial charge in [0.1, 0.15) is 11.6 Å². The van der Waals surface area contributed by atoms with Gasteiger partial charge >= 0.3 is 0 Å². The van der Waals surface area contributed by atoms with Crippen LogP contribution in [-0.4, -0.2) is 28.4 Å². The second kappa shape index (κ2) is 11.8. The molecule has 1 heterocycles. The third-order valence-electron chi connectivity index (χ3n) is 5.94. The van der Waals surface area contributed by atoms with Crippen molar-refractivity contribution in [3.63, 3.8) is 0 Å². The monoisotopic (exact) mass is 624 g/mol. The van der Waals surface area contributed by atoms with E-state index in [9.17, 15) is 9.59 Å². The second-order valence-electron chi connectivity index (χ2n) is 8.64. The fourth-order valence-corrected chi connectivity index (χ4v) is 4.53. The lowest BCUT2D eigenvalue weighted by Crippen LogP contribution is -2.23. The van der Waals surface area contributed by atoms with Crippen LogP contribution in [0.2, 0.25) is 0 Å². The molecule has 0 aliphatic heterocycles. The van der Waals surface area contributed by atoms with Gasteiger partial charge in [0.15, 0.2) is 6.61 Å². The molecule has 0 saturated carbocycles. The highest BCUT2D eigenvalue weighted by atomic mass is 79.9. The maximum Gasteiger partial charge on any atom is 0.282 e. The van der Waals surface area contributed by atoms with Crippen molar-refractivity contribution in [2.24, 2.45) is 5.10 Å². The Hall–Kier alpha value is -3.30. The smallest absolute Gasteiger partial charge is 0.282 e. The first kappa shape index (κ1) is 26.8. The number of para-hydroxylation sites is 1. The Morgan fingerprint density at radius 2 is 1.95 bits per heavy atom. The number of nitrogens with one attached hydrogen (secondary N) is 1. The first-order chi connectivity index (χ1) is 17.8. The van der Waals surface area contributed by atoms with Crippen LogP contribution in [0.15, 0.2) is 79.5 Å². The van der Waals surface area contributed by atoms with Gasteiger partial charge in [-0.1, -0.05) is 48.0 Å². The number of halogens is 2. The summed E-state index contributed by atoms with van der Waals surface area (Å²) in [5, 5.41) is 7.84. The number of ether oxygens (including phenoxy) is 1. The minimum atomic E-state index is -0.251. The molecular weight excluding hydrogens is 600 g/mol. The molecular formula is C28H26Br2N4O3. The highest BCUT2D eigenvalue weighted by molar-refractivity contribution is 9.10. The zero-order valence-corrected chi connectivity index (χ0v) is 23.8. The normalized spacial score (nSPS) is 12.1. The van der Waals surface area contributed by atoms with Crippen LogP contribution in [0.1, 0.15) is 43.1 Å². The van der Waals surface area contributed by atoms with Crippen molar-refractivity contribution >= 4 is 60.6 Å². The molecule has 1 aromatic heterocycles. The molecule has 0 unspecified atom stereocenters. The van der Waals surface area contributed by atoms with Crippen molar-refractivity contribution < 1.29 is 9.53 Å². The highest BCUT2D eigenvalue weighted by Gasteiger charge is 2.16. The molecule has 0 spiro atoms. The molecule has 37 heavy (non-hydrogen) atoms. The quantitative estimate of drug-likeness (QED) is 0.222. The minimum absolute atomic E-state index is 0.0474. The van der Waals surface area contributed by atoms with E-state index in [1.807, 2.05) is 69.3 Å². The number of rotatable bonds is 8. The molecule has 4 rings (SSSR count). The first-order valence-corrected chi connectivity index (χ1v) is 13.4. The van der Waals surface area contributed by atoms with E-state index >= 15 is 0 Å². The number of amides is 1. The molecule has 0 radical (unpaired) electrons. The standard InChI is InChI=1S/C28H26Br2N4O3/c1-4-17(2)27-33-24-11-10-20(29)14-21(24)28(36)34(27)31-15-19-9-12-25(22(30)13-19)37-16-26(35)32-23-8-6-5-7-18(23)3/h5-15,17H,4,16H2,1-3H3,(H,32,35)/t17-/m0/s1. The fourth-order valence-electron chi connectivity index (χ4n) is 3.66. The van der Waals surface area contributed by atoms with E-state index in [1.165, 1.54) is 4.68 Å². The maximum absolute atomic E-state index is 13.3. The molecule has 0 bridgehead atoms. The Morgan fingerprint density at radius 1 is 1.16 bits per heavy atom. The van der Waals surface area contributed by atoms with Crippen molar-refractivity contribution in [2.45, 2.75) is 33.1 Å². The molecule has 0 aliphatic carbocycles. The molecule has 1 amide bonds. The molecule has 0 fully saturated rings. The third kappa shape index (κ3) is 6.34. The van der Waals surface area contributed by atoms with Gasteiger partial charge < -0.3 is 10.1 Å². The van der Waals surface area contributed by atoms with Gasteiger partial charge in [-0.25, -0.2) is 4.98 Å². The molecule has 3 aromatic carbocycles. The van der Waals surface area contributed by atoms with Crippen molar-refractivity contribution in [2.75, 3.05) is 11.9 Å². The van der Waals surface area contributed by atoms with Gasteiger partial charge in [0.05, 0.1) is 21.6 Å². The number of hydrogen-bond acceptors (Lipinski definition) is 5. The molecule has 0 saturated heterocycles. The predicted molar refractivity (Wildman–Crippen MR) is 155 cm³/mol. The lowest BCUT2D eigenvalue weighted by Gasteiger charge is -2.14. The Balaban J connectivity index is 1.53. The van der Waals surface area contributed by atoms with E-state index in [1.54, 1.807) is 18.3 Å². The SMILES string of the molecule is CC[C@H](C)c1nc2ccc(Br)cc2c(=O)n1N=Cc1ccc(OCC(=O)Nc2ccccc2C)c(Br)c1. The number of carbonyl (C=O) groups is 1. The predicted octanol–water partition coefficient (Wildman–Crippen LogP) is 6.64. The zero-order valence-electron chi connectivity index (χ0n) is 20.7. The second-order valence-corrected chi connectivity index (χ2v) is 10.4. The summed E-state index contributed by atoms with van der Waals surface area (Å²) in [6.07, 6.45) is 2.43. The summed E-state index contributed by atoms with van der Waals surface area (Å²) in [6, 6.07) is 18.4. The third-order valence-corrected chi connectivity index (χ3v) is 7.06. The van der Waals surface area contributed by atoms with Crippen LogP contribution in [0, 0.1) is 6.92 Å². The summed E-state index contributed by atoms with van der Waals surface area (Å²) in [7, 11) is 0. The number of anilines is 1. The summed E-state index contributed by atoms with van der Waals surface area (Å²) in [5.41, 5.74) is 2.90. The number of hydrogen-bond donors (Lipinski definition) is 1. The van der Waals surface area contributed by atoms with Gasteiger partial charge in [-0.15, -0.1) is 0 Å². The number of fused-ring (bicyclic) bond motifs is 1. The number of carbonyl (C=O) groups excluding carboxylic acids is 1. The maximum atomic E-state index is 13.3. The average molecular weight is 626 g/mol. The van der Waals surface area contributed by atoms with Gasteiger partial charge in [-0.3, -0.25) is 9.59 Å². The summed E-state index contributed by atoms with van der Waals surface area (Å²) in [6.45, 7) is 5.87. The van der Waals surface area contributed by atoms with Crippen LogP contribution in [-0.2, 0) is 4.79 Å². The molecule has 0 aliphatic rings. The average Bonchev–Trinajstić information content (AvgIpc) is 2.88. The molecule has 1 N–H and O–H groups in total. The van der Waals surface area contributed by atoms with Crippen LogP contribution in [0.4, 0.5) is 5.69 Å². The van der Waals surface area contributed by atoms with E-state index < -0.39 is 0 Å². The van der Waals surface area contributed by atoms with Crippen molar-refractivity contribution in [3.8, 4) is 5.75 Å². The minimum Gasteiger partial charge on any atom is -0.483 e. The number of nitrogens with zero attached hydrogens (tertiary/aromatic N) is 3. The number of aryl methyl sites for hydroxylation is 1. The largest absolute Gasteiger partial charge is 0.483 e. The molecule has 7 nitrogen and oxygen atoms in total. The van der Waals surface area contributed by atoms with Gasteiger partial charge in [0.2, 0.25) is 0 Å². The van der Waals surface area contributed by atoms with E-state index in [-0.39, 0.29) is 24.0 Å². The van der Waals surface area contributed by atoms with Crippen LogP contribution in [0.3, 0.4) is 0 Å². The first-order valence-electron chi connectivity index (χ1n) is 11.8. The Morgan fingerprint density at radius 3 is 2.68 bits per heavy atom. The van der Waals surface area contributed by atoms with Crippen LogP contribution >= 0.6 is 31.9 Å². The van der Waals surface area contributed by atoms with E-state index in [2.05, 4.69) is 42.3 Å². The number of benzene rings is 3. The Bertz CT molecular complexity index is 1550.